The number of benzene rings is 3. The lowest BCUT2D eigenvalue weighted by Gasteiger charge is -2.09. The molecule has 0 aliphatic heterocycles. The lowest BCUT2D eigenvalue weighted by molar-refractivity contribution is 0.306. The highest BCUT2D eigenvalue weighted by Crippen LogP contribution is 2.23. The molecule has 1 N–H and O–H groups in total. The van der Waals surface area contributed by atoms with Crippen LogP contribution in [0.3, 0.4) is 0 Å². The van der Waals surface area contributed by atoms with Gasteiger partial charge >= 0.3 is 0 Å². The second-order valence-electron chi connectivity index (χ2n) is 6.27. The van der Waals surface area contributed by atoms with E-state index >= 15 is 0 Å². The van der Waals surface area contributed by atoms with E-state index in [-0.39, 0.29) is 0 Å². The van der Waals surface area contributed by atoms with Crippen LogP contribution in [0, 0.1) is 13.8 Å². The van der Waals surface area contributed by atoms with Gasteiger partial charge in [-0.05, 0) is 66.9 Å². The van der Waals surface area contributed by atoms with Crippen LogP contribution >= 0.6 is 23.2 Å². The summed E-state index contributed by atoms with van der Waals surface area (Å²) in [6.45, 7) is 4.54. The van der Waals surface area contributed by atoms with Crippen LogP contribution in [0.25, 0.3) is 0 Å². The van der Waals surface area contributed by atoms with E-state index < -0.39 is 0 Å². The van der Waals surface area contributed by atoms with Gasteiger partial charge in [-0.1, -0.05) is 47.5 Å². The summed E-state index contributed by atoms with van der Waals surface area (Å²) >= 11 is 12.1. The second-order valence-corrected chi connectivity index (χ2v) is 7.11. The van der Waals surface area contributed by atoms with Crippen molar-refractivity contribution in [2.75, 3.05) is 5.43 Å². The van der Waals surface area contributed by atoms with Gasteiger partial charge in [0.1, 0.15) is 12.4 Å². The highest BCUT2D eigenvalue weighted by Gasteiger charge is 2.03. The van der Waals surface area contributed by atoms with Gasteiger partial charge in [-0.15, -0.1) is 0 Å². The van der Waals surface area contributed by atoms with E-state index in [9.17, 15) is 0 Å². The first-order chi connectivity index (χ1) is 13.0. The van der Waals surface area contributed by atoms with Crippen molar-refractivity contribution in [3.63, 3.8) is 0 Å². The zero-order chi connectivity index (χ0) is 19.2. The summed E-state index contributed by atoms with van der Waals surface area (Å²) in [6.07, 6.45) is 1.76. The Bertz CT molecular complexity index is 970. The van der Waals surface area contributed by atoms with Gasteiger partial charge in [0.15, 0.2) is 0 Å². The third-order valence-electron chi connectivity index (χ3n) is 4.18. The van der Waals surface area contributed by atoms with Crippen molar-refractivity contribution in [2.24, 2.45) is 5.10 Å². The summed E-state index contributed by atoms with van der Waals surface area (Å²) in [7, 11) is 0. The van der Waals surface area contributed by atoms with Crippen LogP contribution in [0.1, 0.15) is 22.3 Å². The molecule has 0 spiro atoms. The number of ether oxygens (including phenoxy) is 1. The maximum atomic E-state index is 6.18. The number of hydrogen-bond donors (Lipinski definition) is 1. The lowest BCUT2D eigenvalue weighted by atomic mass is 10.1. The minimum Gasteiger partial charge on any atom is -0.489 e. The van der Waals surface area contributed by atoms with Gasteiger partial charge in [-0.3, -0.25) is 5.43 Å². The first-order valence-corrected chi connectivity index (χ1v) is 9.30. The number of aryl methyl sites for hydroxylation is 2. The van der Waals surface area contributed by atoms with E-state index in [2.05, 4.69) is 36.5 Å². The summed E-state index contributed by atoms with van der Waals surface area (Å²) < 4.78 is 5.84. The molecule has 27 heavy (non-hydrogen) atoms. The van der Waals surface area contributed by atoms with Crippen LogP contribution in [0.2, 0.25) is 10.0 Å². The molecule has 0 aliphatic rings. The Morgan fingerprint density at radius 2 is 1.81 bits per heavy atom. The number of nitrogens with one attached hydrogen (secondary N) is 1. The molecule has 0 heterocycles. The standard InChI is InChI=1S/C22H20Cl2N2O/c1-15-6-9-20(10-16(15)2)26-25-13-17-4-3-5-21(11-17)27-14-18-7-8-19(23)12-22(18)24/h3-13,26H,14H2,1-2H3. The summed E-state index contributed by atoms with van der Waals surface area (Å²) in [5.41, 5.74) is 8.32. The molecule has 0 saturated heterocycles. The number of nitrogens with zero attached hydrogens (tertiary/aromatic N) is 1. The third-order valence-corrected chi connectivity index (χ3v) is 4.77. The fourth-order valence-corrected chi connectivity index (χ4v) is 2.94. The number of halogens is 2. The van der Waals surface area contributed by atoms with Crippen LogP contribution in [-0.4, -0.2) is 6.21 Å². The maximum absolute atomic E-state index is 6.18. The van der Waals surface area contributed by atoms with Gasteiger partial charge < -0.3 is 4.74 Å². The monoisotopic (exact) mass is 398 g/mol. The largest absolute Gasteiger partial charge is 0.489 e. The minimum absolute atomic E-state index is 0.373. The molecule has 0 unspecified atom stereocenters. The summed E-state index contributed by atoms with van der Waals surface area (Å²) in [4.78, 5) is 0. The predicted molar refractivity (Wildman–Crippen MR) is 114 cm³/mol. The number of hydrogen-bond acceptors (Lipinski definition) is 3. The minimum atomic E-state index is 0.373. The molecular weight excluding hydrogens is 379 g/mol. The van der Waals surface area contributed by atoms with E-state index in [4.69, 9.17) is 27.9 Å². The van der Waals surface area contributed by atoms with E-state index in [1.165, 1.54) is 11.1 Å². The van der Waals surface area contributed by atoms with Crippen LogP contribution in [0.4, 0.5) is 5.69 Å². The molecule has 5 heteroatoms. The number of rotatable bonds is 6. The fraction of sp³-hybridized carbons (Fsp3) is 0.136. The summed E-state index contributed by atoms with van der Waals surface area (Å²) in [6, 6.07) is 19.2. The van der Waals surface area contributed by atoms with Crippen molar-refractivity contribution in [3.8, 4) is 5.75 Å². The zero-order valence-corrected chi connectivity index (χ0v) is 16.7. The van der Waals surface area contributed by atoms with Crippen molar-refractivity contribution >= 4 is 35.1 Å². The van der Waals surface area contributed by atoms with Crippen LogP contribution in [-0.2, 0) is 6.61 Å². The Hall–Kier alpha value is -2.49. The van der Waals surface area contributed by atoms with Crippen molar-refractivity contribution in [1.29, 1.82) is 0 Å². The molecule has 0 radical (unpaired) electrons. The maximum Gasteiger partial charge on any atom is 0.120 e. The summed E-state index contributed by atoms with van der Waals surface area (Å²) in [5.74, 6) is 0.746. The smallest absolute Gasteiger partial charge is 0.120 e. The molecule has 0 atom stereocenters. The Kier molecular flexibility index (Phi) is 6.38. The van der Waals surface area contributed by atoms with Crippen molar-refractivity contribution < 1.29 is 4.74 Å². The third kappa shape index (κ3) is 5.49. The first-order valence-electron chi connectivity index (χ1n) is 8.54. The molecule has 3 aromatic carbocycles. The van der Waals surface area contributed by atoms with Gasteiger partial charge in [0, 0.05) is 15.6 Å². The molecular formula is C22H20Cl2N2O. The fourth-order valence-electron chi connectivity index (χ4n) is 2.48. The summed E-state index contributed by atoms with van der Waals surface area (Å²) in [5, 5.41) is 5.50. The lowest BCUT2D eigenvalue weighted by Crippen LogP contribution is -1.97. The molecule has 3 nitrogen and oxygen atoms in total. The van der Waals surface area contributed by atoms with E-state index in [0.29, 0.717) is 16.7 Å². The molecule has 0 bridgehead atoms. The normalized spacial score (nSPS) is 11.0. The molecule has 0 amide bonds. The van der Waals surface area contributed by atoms with Gasteiger partial charge in [0.25, 0.3) is 0 Å². The quantitative estimate of drug-likeness (QED) is 0.373. The Morgan fingerprint density at radius 3 is 2.59 bits per heavy atom. The molecule has 138 valence electrons. The highest BCUT2D eigenvalue weighted by molar-refractivity contribution is 6.35. The van der Waals surface area contributed by atoms with E-state index in [1.54, 1.807) is 18.3 Å². The Balaban J connectivity index is 1.61. The Labute approximate surface area is 169 Å². The predicted octanol–water partition coefficient (Wildman–Crippen LogP) is 6.64. The van der Waals surface area contributed by atoms with E-state index in [0.717, 1.165) is 22.6 Å². The highest BCUT2D eigenvalue weighted by atomic mass is 35.5. The van der Waals surface area contributed by atoms with Crippen LogP contribution in [0.15, 0.2) is 65.8 Å². The molecule has 0 aromatic heterocycles. The molecule has 0 fully saturated rings. The average Bonchev–Trinajstić information content (AvgIpc) is 2.64. The number of anilines is 1. The van der Waals surface area contributed by atoms with E-state index in [1.807, 2.05) is 36.4 Å². The number of hydrazone groups is 1. The van der Waals surface area contributed by atoms with Crippen LogP contribution in [0.5, 0.6) is 5.75 Å². The molecule has 3 aromatic rings. The van der Waals surface area contributed by atoms with Crippen molar-refractivity contribution in [2.45, 2.75) is 20.5 Å². The molecule has 3 rings (SSSR count). The Morgan fingerprint density at radius 1 is 0.963 bits per heavy atom. The van der Waals surface area contributed by atoms with Gasteiger partial charge in [-0.25, -0.2) is 0 Å². The van der Waals surface area contributed by atoms with Crippen LogP contribution < -0.4 is 10.2 Å². The topological polar surface area (TPSA) is 33.6 Å². The first kappa shape index (κ1) is 19.3. The van der Waals surface area contributed by atoms with Crippen molar-refractivity contribution in [1.82, 2.24) is 0 Å². The zero-order valence-electron chi connectivity index (χ0n) is 15.2. The molecule has 0 saturated carbocycles. The van der Waals surface area contributed by atoms with Gasteiger partial charge in [0.05, 0.1) is 11.9 Å². The average molecular weight is 399 g/mol. The van der Waals surface area contributed by atoms with Gasteiger partial charge in [0.2, 0.25) is 0 Å². The second kappa shape index (κ2) is 8.94. The van der Waals surface area contributed by atoms with Crippen molar-refractivity contribution in [3.05, 3.63) is 93.0 Å². The SMILES string of the molecule is Cc1ccc(NN=Cc2cccc(OCc3ccc(Cl)cc3Cl)c2)cc1C. The van der Waals surface area contributed by atoms with Gasteiger partial charge in [-0.2, -0.15) is 5.10 Å². The molecule has 0 aliphatic carbocycles.